The standard InChI is InChI=1S/C21H22N2O4/c1-13-9-15(23(24)25)10-14(2)20(13)27-16-3-4-18-17(11-16)21(6-7-21)12-22(18)19-5-8-26-19/h3-4,9-11,19H,5-8,12H2,1-2H3. The van der Waals surface area contributed by atoms with Crippen LogP contribution in [-0.4, -0.2) is 24.3 Å². The highest BCUT2D eigenvalue weighted by Crippen LogP contribution is 2.58. The van der Waals surface area contributed by atoms with Gasteiger partial charge in [-0.1, -0.05) is 0 Å². The maximum Gasteiger partial charge on any atom is 0.270 e. The molecule has 1 atom stereocenters. The summed E-state index contributed by atoms with van der Waals surface area (Å²) in [5.41, 5.74) is 4.52. The minimum atomic E-state index is -0.368. The molecule has 27 heavy (non-hydrogen) atoms. The Bertz CT molecular complexity index is 924. The maximum absolute atomic E-state index is 11.0. The molecular formula is C21H22N2O4. The summed E-state index contributed by atoms with van der Waals surface area (Å²) in [5.74, 6) is 1.49. The lowest BCUT2D eigenvalue weighted by atomic mass is 9.98. The second-order valence-electron chi connectivity index (χ2n) is 7.97. The third-order valence-electron chi connectivity index (χ3n) is 6.07. The van der Waals surface area contributed by atoms with Crippen molar-refractivity contribution < 1.29 is 14.4 Å². The Labute approximate surface area is 157 Å². The first-order valence-corrected chi connectivity index (χ1v) is 9.43. The molecule has 2 aliphatic heterocycles. The van der Waals surface area contributed by atoms with Crippen LogP contribution in [0, 0.1) is 24.0 Å². The molecule has 140 valence electrons. The molecule has 2 heterocycles. The van der Waals surface area contributed by atoms with E-state index < -0.39 is 0 Å². The van der Waals surface area contributed by atoms with Crippen LogP contribution < -0.4 is 9.64 Å². The van der Waals surface area contributed by atoms with Crippen molar-refractivity contribution in [2.75, 3.05) is 18.1 Å². The molecule has 2 aromatic rings. The first kappa shape index (κ1) is 16.6. The molecule has 5 rings (SSSR count). The van der Waals surface area contributed by atoms with Crippen molar-refractivity contribution in [3.8, 4) is 11.5 Å². The number of nitro groups is 1. The van der Waals surface area contributed by atoms with Gasteiger partial charge in [0.25, 0.3) is 5.69 Å². The number of aryl methyl sites for hydroxylation is 2. The monoisotopic (exact) mass is 366 g/mol. The lowest BCUT2D eigenvalue weighted by molar-refractivity contribution is -0.385. The molecular weight excluding hydrogens is 344 g/mol. The number of hydrogen-bond acceptors (Lipinski definition) is 5. The van der Waals surface area contributed by atoms with E-state index in [1.807, 2.05) is 19.9 Å². The molecule has 6 heteroatoms. The van der Waals surface area contributed by atoms with Gasteiger partial charge in [0, 0.05) is 36.2 Å². The van der Waals surface area contributed by atoms with Crippen LogP contribution in [0.1, 0.15) is 36.0 Å². The van der Waals surface area contributed by atoms with E-state index in [2.05, 4.69) is 17.0 Å². The fraction of sp³-hybridized carbons (Fsp3) is 0.429. The summed E-state index contributed by atoms with van der Waals surface area (Å²) in [7, 11) is 0. The van der Waals surface area contributed by atoms with Crippen molar-refractivity contribution in [1.82, 2.24) is 0 Å². The molecule has 6 nitrogen and oxygen atoms in total. The molecule has 0 radical (unpaired) electrons. The van der Waals surface area contributed by atoms with E-state index in [0.717, 1.165) is 36.4 Å². The van der Waals surface area contributed by atoms with Crippen LogP contribution in [0.5, 0.6) is 11.5 Å². The molecule has 0 bridgehead atoms. The van der Waals surface area contributed by atoms with E-state index in [1.165, 1.54) is 24.1 Å². The minimum Gasteiger partial charge on any atom is -0.457 e. The average molecular weight is 366 g/mol. The first-order valence-electron chi connectivity index (χ1n) is 9.43. The third kappa shape index (κ3) is 2.58. The summed E-state index contributed by atoms with van der Waals surface area (Å²) in [6, 6.07) is 9.41. The van der Waals surface area contributed by atoms with Crippen molar-refractivity contribution >= 4 is 11.4 Å². The van der Waals surface area contributed by atoms with Gasteiger partial charge in [-0.3, -0.25) is 10.1 Å². The molecule has 1 spiro atoms. The van der Waals surface area contributed by atoms with Crippen LogP contribution >= 0.6 is 0 Å². The van der Waals surface area contributed by atoms with Gasteiger partial charge in [-0.2, -0.15) is 0 Å². The number of non-ortho nitro benzene ring substituents is 1. The van der Waals surface area contributed by atoms with Gasteiger partial charge in [0.2, 0.25) is 0 Å². The zero-order valence-electron chi connectivity index (χ0n) is 15.5. The number of benzene rings is 2. The number of hydrogen-bond donors (Lipinski definition) is 0. The van der Waals surface area contributed by atoms with E-state index in [-0.39, 0.29) is 22.3 Å². The molecule has 0 amide bonds. The van der Waals surface area contributed by atoms with Crippen LogP contribution in [0.15, 0.2) is 30.3 Å². The summed E-state index contributed by atoms with van der Waals surface area (Å²) in [5, 5.41) is 11.0. The fourth-order valence-electron chi connectivity index (χ4n) is 4.37. The number of nitro benzene ring substituents is 1. The zero-order chi connectivity index (χ0) is 18.8. The topological polar surface area (TPSA) is 64.8 Å². The van der Waals surface area contributed by atoms with Gasteiger partial charge in [0.05, 0.1) is 11.5 Å². The molecule has 0 N–H and O–H groups in total. The van der Waals surface area contributed by atoms with Crippen molar-refractivity contribution in [2.45, 2.75) is 44.8 Å². The van der Waals surface area contributed by atoms with Crippen LogP contribution in [0.25, 0.3) is 0 Å². The Morgan fingerprint density at radius 1 is 1.22 bits per heavy atom. The predicted molar refractivity (Wildman–Crippen MR) is 102 cm³/mol. The van der Waals surface area contributed by atoms with Gasteiger partial charge in [0.15, 0.2) is 0 Å². The lowest BCUT2D eigenvalue weighted by Gasteiger charge is -2.36. The Balaban J connectivity index is 1.47. The van der Waals surface area contributed by atoms with Gasteiger partial charge in [-0.25, -0.2) is 0 Å². The highest BCUT2D eigenvalue weighted by atomic mass is 16.6. The van der Waals surface area contributed by atoms with E-state index >= 15 is 0 Å². The Morgan fingerprint density at radius 3 is 2.48 bits per heavy atom. The number of nitrogens with zero attached hydrogens (tertiary/aromatic N) is 2. The molecule has 1 unspecified atom stereocenters. The van der Waals surface area contributed by atoms with E-state index in [4.69, 9.17) is 9.47 Å². The van der Waals surface area contributed by atoms with Gasteiger partial charge in [0.1, 0.15) is 17.7 Å². The number of ether oxygens (including phenoxy) is 2. The van der Waals surface area contributed by atoms with E-state index in [9.17, 15) is 10.1 Å². The highest BCUT2D eigenvalue weighted by molar-refractivity contribution is 5.67. The average Bonchev–Trinajstić information content (AvgIpc) is 3.29. The number of anilines is 1. The zero-order valence-corrected chi connectivity index (χ0v) is 15.5. The summed E-state index contributed by atoms with van der Waals surface area (Å²) in [6.45, 7) is 5.58. The summed E-state index contributed by atoms with van der Waals surface area (Å²) >= 11 is 0. The van der Waals surface area contributed by atoms with Crippen LogP contribution in [0.3, 0.4) is 0 Å². The number of fused-ring (bicyclic) bond motifs is 2. The SMILES string of the molecule is Cc1cc([N+](=O)[O-])cc(C)c1Oc1ccc2c(c1)C1(CC1)CN2C1CCO1. The van der Waals surface area contributed by atoms with Crippen molar-refractivity contribution in [1.29, 1.82) is 0 Å². The van der Waals surface area contributed by atoms with E-state index in [0.29, 0.717) is 5.75 Å². The third-order valence-corrected chi connectivity index (χ3v) is 6.07. The second kappa shape index (κ2) is 5.70. The lowest BCUT2D eigenvalue weighted by Crippen LogP contribution is -2.44. The summed E-state index contributed by atoms with van der Waals surface area (Å²) < 4.78 is 11.9. The maximum atomic E-state index is 11.0. The Kier molecular flexibility index (Phi) is 3.49. The van der Waals surface area contributed by atoms with Gasteiger partial charge < -0.3 is 14.4 Å². The van der Waals surface area contributed by atoms with Crippen molar-refractivity contribution in [2.24, 2.45) is 0 Å². The quantitative estimate of drug-likeness (QED) is 0.584. The molecule has 2 aromatic carbocycles. The minimum absolute atomic E-state index is 0.0966. The molecule has 1 saturated carbocycles. The van der Waals surface area contributed by atoms with Crippen LogP contribution in [-0.2, 0) is 10.2 Å². The second-order valence-corrected chi connectivity index (χ2v) is 7.97. The molecule has 3 aliphatic rings. The number of rotatable bonds is 4. The predicted octanol–water partition coefficient (Wildman–Crippen LogP) is 4.60. The molecule has 0 aromatic heterocycles. The van der Waals surface area contributed by atoms with Crippen LogP contribution in [0.4, 0.5) is 11.4 Å². The molecule has 1 aliphatic carbocycles. The Morgan fingerprint density at radius 2 is 1.93 bits per heavy atom. The van der Waals surface area contributed by atoms with Gasteiger partial charge in [-0.15, -0.1) is 0 Å². The molecule has 2 fully saturated rings. The van der Waals surface area contributed by atoms with Gasteiger partial charge in [-0.05, 0) is 61.6 Å². The normalized spacial score (nSPS) is 21.7. The summed E-state index contributed by atoms with van der Waals surface area (Å²) in [4.78, 5) is 13.1. The van der Waals surface area contributed by atoms with Crippen LogP contribution in [0.2, 0.25) is 0 Å². The highest BCUT2D eigenvalue weighted by Gasteiger charge is 2.53. The Hall–Kier alpha value is -2.60. The summed E-state index contributed by atoms with van der Waals surface area (Å²) in [6.07, 6.45) is 3.73. The van der Waals surface area contributed by atoms with Crippen molar-refractivity contribution in [3.63, 3.8) is 0 Å². The van der Waals surface area contributed by atoms with E-state index in [1.54, 1.807) is 12.1 Å². The molecule has 1 saturated heterocycles. The first-order chi connectivity index (χ1) is 13.0. The van der Waals surface area contributed by atoms with Gasteiger partial charge >= 0.3 is 0 Å². The largest absolute Gasteiger partial charge is 0.457 e. The smallest absolute Gasteiger partial charge is 0.270 e. The van der Waals surface area contributed by atoms with Crippen molar-refractivity contribution in [3.05, 3.63) is 57.1 Å². The fourth-order valence-corrected chi connectivity index (χ4v) is 4.37.